The van der Waals surface area contributed by atoms with Crippen LogP contribution in [0, 0.1) is 12.7 Å². The lowest BCUT2D eigenvalue weighted by Crippen LogP contribution is -2.06. The van der Waals surface area contributed by atoms with E-state index in [0.717, 1.165) is 11.3 Å². The number of nitrogens with two attached hydrogens (primary N) is 1. The number of hydrogen-bond acceptors (Lipinski definition) is 4. The largest absolute Gasteiger partial charge is 0.491 e. The summed E-state index contributed by atoms with van der Waals surface area (Å²) in [6.45, 7) is 4.72. The van der Waals surface area contributed by atoms with Crippen LogP contribution in [0.15, 0.2) is 30.5 Å². The first-order valence-electron chi connectivity index (χ1n) is 6.48. The molecule has 1 aromatic carbocycles. The van der Waals surface area contributed by atoms with E-state index in [1.165, 1.54) is 6.07 Å². The topological polar surface area (TPSA) is 60.2 Å². The predicted octanol–water partition coefficient (Wildman–Crippen LogP) is 3.12. The summed E-state index contributed by atoms with van der Waals surface area (Å²) >= 11 is 0. The van der Waals surface area contributed by atoms with Crippen LogP contribution in [-0.4, -0.2) is 11.6 Å². The Labute approximate surface area is 117 Å². The molecule has 4 nitrogen and oxygen atoms in total. The maximum absolute atomic E-state index is 13.6. The number of benzene rings is 1. The fourth-order valence-corrected chi connectivity index (χ4v) is 1.87. The Kier molecular flexibility index (Phi) is 4.40. The van der Waals surface area contributed by atoms with Crippen molar-refractivity contribution in [1.29, 1.82) is 0 Å². The molecule has 3 N–H and O–H groups in total. The first-order valence-corrected chi connectivity index (χ1v) is 6.48. The third-order valence-electron chi connectivity index (χ3n) is 2.97. The highest BCUT2D eigenvalue weighted by Crippen LogP contribution is 2.28. The Balaban J connectivity index is 2.17. The number of aromatic nitrogens is 1. The summed E-state index contributed by atoms with van der Waals surface area (Å²) in [5, 5.41) is 3.16. The molecule has 2 rings (SSSR count). The molecule has 5 heteroatoms. The van der Waals surface area contributed by atoms with E-state index in [2.05, 4.69) is 10.3 Å². The lowest BCUT2D eigenvalue weighted by molar-refractivity contribution is 0.322. The summed E-state index contributed by atoms with van der Waals surface area (Å²) in [5.74, 6) is -0.258. The van der Waals surface area contributed by atoms with Gasteiger partial charge in [0.15, 0.2) is 11.6 Å². The van der Waals surface area contributed by atoms with E-state index in [1.54, 1.807) is 19.2 Å². The van der Waals surface area contributed by atoms with Gasteiger partial charge in [0.1, 0.15) is 0 Å². The third kappa shape index (κ3) is 3.17. The minimum absolute atomic E-state index is 0.196. The van der Waals surface area contributed by atoms with Gasteiger partial charge in [0.2, 0.25) is 0 Å². The fraction of sp³-hybridized carbons (Fsp3) is 0.267. The molecule has 0 spiro atoms. The van der Waals surface area contributed by atoms with Crippen LogP contribution in [0.4, 0.5) is 15.8 Å². The highest BCUT2D eigenvalue weighted by atomic mass is 19.1. The molecule has 0 bridgehead atoms. The Hall–Kier alpha value is -2.30. The molecular weight excluding hydrogens is 257 g/mol. The Bertz CT molecular complexity index is 602. The second-order valence-corrected chi connectivity index (χ2v) is 4.42. The second-order valence-electron chi connectivity index (χ2n) is 4.42. The van der Waals surface area contributed by atoms with Crippen LogP contribution in [0.1, 0.15) is 18.2 Å². The van der Waals surface area contributed by atoms with E-state index in [-0.39, 0.29) is 5.75 Å². The summed E-state index contributed by atoms with van der Waals surface area (Å²) in [5.41, 5.74) is 8.81. The quantitative estimate of drug-likeness (QED) is 0.823. The minimum Gasteiger partial charge on any atom is -0.491 e. The molecule has 2 aromatic rings. The van der Waals surface area contributed by atoms with E-state index >= 15 is 0 Å². The average Bonchev–Trinajstić information content (AvgIpc) is 2.42. The van der Waals surface area contributed by atoms with Gasteiger partial charge >= 0.3 is 0 Å². The first kappa shape index (κ1) is 14.1. The summed E-state index contributed by atoms with van der Waals surface area (Å²) in [6, 6.07) is 6.72. The lowest BCUT2D eigenvalue weighted by Gasteiger charge is -2.13. The zero-order valence-electron chi connectivity index (χ0n) is 11.6. The van der Waals surface area contributed by atoms with Crippen molar-refractivity contribution in [1.82, 2.24) is 4.98 Å². The maximum Gasteiger partial charge on any atom is 0.167 e. The molecule has 0 aliphatic rings. The lowest BCUT2D eigenvalue weighted by atomic mass is 10.2. The number of nitrogen functional groups attached to an aromatic ring is 1. The van der Waals surface area contributed by atoms with Gasteiger partial charge in [-0.1, -0.05) is 6.07 Å². The van der Waals surface area contributed by atoms with Crippen molar-refractivity contribution >= 4 is 11.4 Å². The van der Waals surface area contributed by atoms with Crippen molar-refractivity contribution in [3.05, 3.63) is 47.5 Å². The molecular formula is C15H18FN3O. The summed E-state index contributed by atoms with van der Waals surface area (Å²) in [4.78, 5) is 4.29. The number of nitrogens with one attached hydrogen (secondary N) is 1. The van der Waals surface area contributed by atoms with Crippen molar-refractivity contribution < 1.29 is 9.13 Å². The number of aryl methyl sites for hydroxylation is 1. The van der Waals surface area contributed by atoms with E-state index in [4.69, 9.17) is 10.5 Å². The number of pyridine rings is 1. The van der Waals surface area contributed by atoms with Crippen LogP contribution in [0.2, 0.25) is 0 Å². The van der Waals surface area contributed by atoms with E-state index in [9.17, 15) is 4.39 Å². The number of rotatable bonds is 5. The molecule has 0 aliphatic carbocycles. The van der Waals surface area contributed by atoms with Gasteiger partial charge in [0, 0.05) is 18.3 Å². The number of hydrogen-bond donors (Lipinski definition) is 2. The molecule has 0 saturated heterocycles. The normalized spacial score (nSPS) is 10.3. The van der Waals surface area contributed by atoms with Crippen molar-refractivity contribution in [2.75, 3.05) is 17.7 Å². The summed E-state index contributed by atoms with van der Waals surface area (Å²) in [7, 11) is 0. The van der Waals surface area contributed by atoms with Crippen molar-refractivity contribution in [3.63, 3.8) is 0 Å². The molecule has 106 valence electrons. The van der Waals surface area contributed by atoms with Gasteiger partial charge in [0.05, 0.1) is 30.2 Å². The number of halogens is 1. The van der Waals surface area contributed by atoms with E-state index < -0.39 is 5.82 Å². The molecule has 0 aliphatic heterocycles. The maximum atomic E-state index is 13.6. The molecule has 20 heavy (non-hydrogen) atoms. The Morgan fingerprint density at radius 1 is 1.40 bits per heavy atom. The number of anilines is 2. The van der Waals surface area contributed by atoms with Crippen LogP contribution in [-0.2, 0) is 6.54 Å². The highest BCUT2D eigenvalue weighted by Gasteiger charge is 2.09. The van der Waals surface area contributed by atoms with Gasteiger partial charge in [-0.3, -0.25) is 4.98 Å². The number of ether oxygens (including phenoxy) is 1. The molecule has 0 saturated carbocycles. The van der Waals surface area contributed by atoms with Crippen molar-refractivity contribution in [2.24, 2.45) is 0 Å². The van der Waals surface area contributed by atoms with Gasteiger partial charge in [-0.05, 0) is 25.5 Å². The van der Waals surface area contributed by atoms with Crippen LogP contribution in [0.25, 0.3) is 0 Å². The van der Waals surface area contributed by atoms with Crippen LogP contribution in [0.5, 0.6) is 5.75 Å². The van der Waals surface area contributed by atoms with Gasteiger partial charge in [-0.2, -0.15) is 0 Å². The van der Waals surface area contributed by atoms with Crippen molar-refractivity contribution in [3.8, 4) is 5.75 Å². The van der Waals surface area contributed by atoms with E-state index in [1.807, 2.05) is 19.1 Å². The average molecular weight is 275 g/mol. The number of nitrogens with zero attached hydrogens (tertiary/aromatic N) is 1. The predicted molar refractivity (Wildman–Crippen MR) is 78.3 cm³/mol. The summed E-state index contributed by atoms with van der Waals surface area (Å²) in [6.07, 6.45) is 1.74. The molecule has 0 amide bonds. The van der Waals surface area contributed by atoms with Crippen LogP contribution < -0.4 is 15.8 Å². The molecule has 1 aromatic heterocycles. The third-order valence-corrected chi connectivity index (χ3v) is 2.97. The molecule has 0 radical (unpaired) electrons. The highest BCUT2D eigenvalue weighted by molar-refractivity contribution is 5.68. The fourth-order valence-electron chi connectivity index (χ4n) is 1.87. The second kappa shape index (κ2) is 6.23. The standard InChI is InChI=1S/C15H18FN3O/c1-3-20-15-8-13(12(17)7-11(15)16)19-9-14-10(2)5-4-6-18-14/h4-8,19H,3,9,17H2,1-2H3. The first-order chi connectivity index (χ1) is 9.61. The van der Waals surface area contributed by atoms with Gasteiger partial charge in [-0.15, -0.1) is 0 Å². The zero-order chi connectivity index (χ0) is 14.5. The molecule has 0 fully saturated rings. The summed E-state index contributed by atoms with van der Waals surface area (Å²) < 4.78 is 18.8. The smallest absolute Gasteiger partial charge is 0.167 e. The van der Waals surface area contributed by atoms with E-state index in [0.29, 0.717) is 24.5 Å². The Morgan fingerprint density at radius 2 is 2.20 bits per heavy atom. The van der Waals surface area contributed by atoms with Crippen LogP contribution in [0.3, 0.4) is 0 Å². The minimum atomic E-state index is -0.455. The van der Waals surface area contributed by atoms with Gasteiger partial charge in [0.25, 0.3) is 0 Å². The molecule has 1 heterocycles. The Morgan fingerprint density at radius 3 is 2.90 bits per heavy atom. The molecule has 0 unspecified atom stereocenters. The van der Waals surface area contributed by atoms with Crippen LogP contribution >= 0.6 is 0 Å². The monoisotopic (exact) mass is 275 g/mol. The molecule has 0 atom stereocenters. The SMILES string of the molecule is CCOc1cc(NCc2ncccc2C)c(N)cc1F. The van der Waals surface area contributed by atoms with Gasteiger partial charge < -0.3 is 15.8 Å². The van der Waals surface area contributed by atoms with Gasteiger partial charge in [-0.25, -0.2) is 4.39 Å². The zero-order valence-corrected chi connectivity index (χ0v) is 11.6. The van der Waals surface area contributed by atoms with Crippen molar-refractivity contribution in [2.45, 2.75) is 20.4 Å².